The van der Waals surface area contributed by atoms with E-state index >= 15 is 0 Å². The van der Waals surface area contributed by atoms with Gasteiger partial charge in [0.2, 0.25) is 0 Å². The van der Waals surface area contributed by atoms with Crippen LogP contribution in [0.25, 0.3) is 0 Å². The Hall–Kier alpha value is -3.51. The molecule has 3 aromatic rings. The standard InChI is InChI=1S/C23H18N2O3S/c1-2-28-15-12-10-14(11-13-15)24-23(29)25-19-9-5-8-18-20(19)22(27)17-7-4-3-6-16(17)21(18)26/h3-13H,2H2,1H3,(H2,24,25,29). The van der Waals surface area contributed by atoms with E-state index in [2.05, 4.69) is 10.6 Å². The lowest BCUT2D eigenvalue weighted by molar-refractivity contribution is 0.0979. The van der Waals surface area contributed by atoms with Crippen molar-refractivity contribution in [2.45, 2.75) is 6.92 Å². The summed E-state index contributed by atoms with van der Waals surface area (Å²) in [5, 5.41) is 6.46. The number of anilines is 2. The van der Waals surface area contributed by atoms with E-state index in [1.54, 1.807) is 42.5 Å². The Morgan fingerprint density at radius 2 is 1.48 bits per heavy atom. The van der Waals surface area contributed by atoms with Gasteiger partial charge in [-0.05, 0) is 49.5 Å². The van der Waals surface area contributed by atoms with E-state index in [4.69, 9.17) is 17.0 Å². The van der Waals surface area contributed by atoms with Crippen molar-refractivity contribution < 1.29 is 14.3 Å². The summed E-state index contributed by atoms with van der Waals surface area (Å²) >= 11 is 5.40. The maximum Gasteiger partial charge on any atom is 0.196 e. The number of carbonyl (C=O) groups excluding carboxylic acids is 2. The fourth-order valence-electron chi connectivity index (χ4n) is 3.34. The number of carbonyl (C=O) groups is 2. The molecule has 4 rings (SSSR count). The van der Waals surface area contributed by atoms with E-state index in [-0.39, 0.29) is 11.6 Å². The van der Waals surface area contributed by atoms with Crippen molar-refractivity contribution in [2.24, 2.45) is 0 Å². The van der Waals surface area contributed by atoms with E-state index in [0.29, 0.717) is 39.7 Å². The summed E-state index contributed by atoms with van der Waals surface area (Å²) in [4.78, 5) is 25.9. The quantitative estimate of drug-likeness (QED) is 0.484. The molecule has 2 N–H and O–H groups in total. The zero-order valence-corrected chi connectivity index (χ0v) is 16.5. The van der Waals surface area contributed by atoms with Gasteiger partial charge < -0.3 is 15.4 Å². The van der Waals surface area contributed by atoms with Gasteiger partial charge in [-0.15, -0.1) is 0 Å². The Kier molecular flexibility index (Phi) is 5.10. The molecule has 3 aromatic carbocycles. The number of benzene rings is 3. The van der Waals surface area contributed by atoms with Crippen molar-refractivity contribution in [2.75, 3.05) is 17.2 Å². The molecular formula is C23H18N2O3S. The molecule has 1 aliphatic carbocycles. The lowest BCUT2D eigenvalue weighted by atomic mass is 9.83. The third-order valence-corrected chi connectivity index (χ3v) is 4.83. The Bertz CT molecular complexity index is 1120. The molecule has 0 heterocycles. The first-order valence-corrected chi connectivity index (χ1v) is 9.61. The minimum Gasteiger partial charge on any atom is -0.494 e. The lowest BCUT2D eigenvalue weighted by Crippen LogP contribution is -2.25. The predicted octanol–water partition coefficient (Wildman–Crippen LogP) is 4.67. The molecule has 0 saturated heterocycles. The molecule has 0 aliphatic heterocycles. The van der Waals surface area contributed by atoms with Crippen LogP contribution in [0, 0.1) is 0 Å². The van der Waals surface area contributed by atoms with Crippen molar-refractivity contribution in [3.8, 4) is 5.75 Å². The molecular weight excluding hydrogens is 384 g/mol. The molecule has 0 amide bonds. The summed E-state index contributed by atoms with van der Waals surface area (Å²) in [5.41, 5.74) is 2.83. The second-order valence-electron chi connectivity index (χ2n) is 6.47. The van der Waals surface area contributed by atoms with E-state index in [1.807, 2.05) is 31.2 Å². The van der Waals surface area contributed by atoms with Gasteiger partial charge in [0.15, 0.2) is 16.7 Å². The molecule has 0 saturated carbocycles. The van der Waals surface area contributed by atoms with Crippen LogP contribution >= 0.6 is 12.2 Å². The minimum atomic E-state index is -0.192. The molecule has 1 aliphatic rings. The van der Waals surface area contributed by atoms with Gasteiger partial charge >= 0.3 is 0 Å². The van der Waals surface area contributed by atoms with Gasteiger partial charge in [0.25, 0.3) is 0 Å². The van der Waals surface area contributed by atoms with Crippen LogP contribution in [0.5, 0.6) is 5.75 Å². The molecule has 0 bridgehead atoms. The number of hydrogen-bond donors (Lipinski definition) is 2. The largest absolute Gasteiger partial charge is 0.494 e. The molecule has 5 nitrogen and oxygen atoms in total. The van der Waals surface area contributed by atoms with Crippen molar-refractivity contribution in [1.29, 1.82) is 0 Å². The van der Waals surface area contributed by atoms with Crippen LogP contribution in [0.3, 0.4) is 0 Å². The number of ketones is 2. The first-order chi connectivity index (χ1) is 14.1. The van der Waals surface area contributed by atoms with Crippen LogP contribution in [0.1, 0.15) is 38.8 Å². The van der Waals surface area contributed by atoms with Crippen molar-refractivity contribution in [1.82, 2.24) is 0 Å². The number of ether oxygens (including phenoxy) is 1. The van der Waals surface area contributed by atoms with Gasteiger partial charge in [-0.3, -0.25) is 9.59 Å². The van der Waals surface area contributed by atoms with Crippen LogP contribution in [-0.4, -0.2) is 23.3 Å². The van der Waals surface area contributed by atoms with Crippen LogP contribution < -0.4 is 15.4 Å². The third-order valence-electron chi connectivity index (χ3n) is 4.62. The molecule has 6 heteroatoms. The van der Waals surface area contributed by atoms with E-state index in [9.17, 15) is 9.59 Å². The second kappa shape index (κ2) is 7.85. The third kappa shape index (κ3) is 3.62. The van der Waals surface area contributed by atoms with E-state index in [1.165, 1.54) is 0 Å². The normalized spacial score (nSPS) is 12.0. The molecule has 0 spiro atoms. The summed E-state index contributed by atoms with van der Waals surface area (Å²) in [6.07, 6.45) is 0. The van der Waals surface area contributed by atoms with Crippen molar-refractivity contribution >= 4 is 40.3 Å². The van der Waals surface area contributed by atoms with E-state index < -0.39 is 0 Å². The monoisotopic (exact) mass is 402 g/mol. The van der Waals surface area contributed by atoms with Crippen LogP contribution in [-0.2, 0) is 0 Å². The van der Waals surface area contributed by atoms with Gasteiger partial charge in [0, 0.05) is 22.4 Å². The first-order valence-electron chi connectivity index (χ1n) is 9.21. The number of fused-ring (bicyclic) bond motifs is 2. The van der Waals surface area contributed by atoms with Gasteiger partial charge in [0.05, 0.1) is 17.9 Å². The molecule has 0 aromatic heterocycles. The van der Waals surface area contributed by atoms with Gasteiger partial charge in [-0.2, -0.15) is 0 Å². The summed E-state index contributed by atoms with van der Waals surface area (Å²) in [6.45, 7) is 2.53. The second-order valence-corrected chi connectivity index (χ2v) is 6.88. The zero-order valence-electron chi connectivity index (χ0n) is 15.7. The summed E-state index contributed by atoms with van der Waals surface area (Å²) in [6, 6.07) is 19.4. The average molecular weight is 402 g/mol. The molecule has 29 heavy (non-hydrogen) atoms. The maximum atomic E-state index is 13.0. The Morgan fingerprint density at radius 1 is 0.828 bits per heavy atom. The van der Waals surface area contributed by atoms with Gasteiger partial charge in [-0.25, -0.2) is 0 Å². The van der Waals surface area contributed by atoms with Crippen molar-refractivity contribution in [3.05, 3.63) is 89.0 Å². The summed E-state index contributed by atoms with van der Waals surface area (Å²) in [7, 11) is 0. The fraction of sp³-hybridized carbons (Fsp3) is 0.0870. The molecule has 0 unspecified atom stereocenters. The fourth-order valence-corrected chi connectivity index (χ4v) is 3.56. The van der Waals surface area contributed by atoms with Crippen molar-refractivity contribution in [3.63, 3.8) is 0 Å². The van der Waals surface area contributed by atoms with Gasteiger partial charge in [-0.1, -0.05) is 36.4 Å². The zero-order chi connectivity index (χ0) is 20.4. The minimum absolute atomic E-state index is 0.163. The molecule has 0 fully saturated rings. The smallest absolute Gasteiger partial charge is 0.196 e. The Morgan fingerprint density at radius 3 is 2.17 bits per heavy atom. The highest BCUT2D eigenvalue weighted by Crippen LogP contribution is 2.32. The number of nitrogens with one attached hydrogen (secondary N) is 2. The molecule has 0 radical (unpaired) electrons. The highest BCUT2D eigenvalue weighted by Gasteiger charge is 2.31. The summed E-state index contributed by atoms with van der Waals surface area (Å²) < 4.78 is 5.43. The van der Waals surface area contributed by atoms with Crippen LogP contribution in [0.4, 0.5) is 11.4 Å². The maximum absolute atomic E-state index is 13.0. The molecule has 0 atom stereocenters. The summed E-state index contributed by atoms with van der Waals surface area (Å²) in [5.74, 6) is 0.420. The number of rotatable bonds is 4. The number of hydrogen-bond acceptors (Lipinski definition) is 4. The van der Waals surface area contributed by atoms with Gasteiger partial charge in [0.1, 0.15) is 5.75 Å². The number of thiocarbonyl (C=S) groups is 1. The first kappa shape index (κ1) is 18.8. The Balaban J connectivity index is 1.58. The highest BCUT2D eigenvalue weighted by molar-refractivity contribution is 7.80. The van der Waals surface area contributed by atoms with E-state index in [0.717, 1.165) is 11.4 Å². The van der Waals surface area contributed by atoms with Crippen LogP contribution in [0.15, 0.2) is 66.7 Å². The van der Waals surface area contributed by atoms with Crippen LogP contribution in [0.2, 0.25) is 0 Å². The molecule has 144 valence electrons. The average Bonchev–Trinajstić information content (AvgIpc) is 2.73. The Labute approximate surface area is 173 Å². The SMILES string of the molecule is CCOc1ccc(NC(=S)Nc2cccc3c2C(=O)c2ccccc2C3=O)cc1. The highest BCUT2D eigenvalue weighted by atomic mass is 32.1. The lowest BCUT2D eigenvalue weighted by Gasteiger charge is -2.21. The topological polar surface area (TPSA) is 67.4 Å². The predicted molar refractivity (Wildman–Crippen MR) is 117 cm³/mol.